The van der Waals surface area contributed by atoms with Crippen LogP contribution in [0.1, 0.15) is 25.8 Å². The molecule has 0 bridgehead atoms. The molecule has 0 aliphatic heterocycles. The zero-order valence-corrected chi connectivity index (χ0v) is 14.2. The van der Waals surface area contributed by atoms with Gasteiger partial charge < -0.3 is 14.7 Å². The number of halogens is 3. The highest BCUT2D eigenvalue weighted by Crippen LogP contribution is 2.20. The number of aliphatic carboxylic acids is 1. The molecule has 25 heavy (non-hydrogen) atoms. The third-order valence-corrected chi connectivity index (χ3v) is 3.19. The predicted molar refractivity (Wildman–Crippen MR) is 85.4 cm³/mol. The van der Waals surface area contributed by atoms with Crippen LogP contribution in [0.15, 0.2) is 24.3 Å². The number of carboxylic acid groups (broad SMARTS) is 1. The van der Waals surface area contributed by atoms with Crippen LogP contribution in [0.5, 0.6) is 5.75 Å². The number of hydrogen-bond donors (Lipinski definition) is 1. The van der Waals surface area contributed by atoms with Crippen LogP contribution in [0.3, 0.4) is 0 Å². The van der Waals surface area contributed by atoms with Gasteiger partial charge in [0.05, 0.1) is 12.8 Å². The van der Waals surface area contributed by atoms with Crippen molar-refractivity contribution >= 4 is 11.9 Å². The first kappa shape index (κ1) is 20.8. The second-order valence-corrected chi connectivity index (χ2v) is 6.11. The number of carbonyl (C=O) groups excluding carboxylic acids is 1. The molecule has 0 atom stereocenters. The zero-order chi connectivity index (χ0) is 19.0. The van der Waals surface area contributed by atoms with E-state index in [1.165, 1.54) is 23.1 Å². The van der Waals surface area contributed by atoms with Gasteiger partial charge in [-0.1, -0.05) is 26.0 Å². The van der Waals surface area contributed by atoms with Gasteiger partial charge in [-0.15, -0.1) is 0 Å². The minimum atomic E-state index is -4.43. The fourth-order valence-corrected chi connectivity index (χ4v) is 2.19. The molecule has 0 radical (unpaired) electrons. The fourth-order valence-electron chi connectivity index (χ4n) is 2.19. The first-order valence-corrected chi connectivity index (χ1v) is 7.85. The van der Waals surface area contributed by atoms with E-state index in [0.717, 1.165) is 0 Å². The molecule has 1 N–H and O–H groups in total. The Morgan fingerprint density at radius 2 is 1.96 bits per heavy atom. The second kappa shape index (κ2) is 9.29. The van der Waals surface area contributed by atoms with E-state index in [1.807, 2.05) is 13.8 Å². The first-order chi connectivity index (χ1) is 11.6. The van der Waals surface area contributed by atoms with Crippen LogP contribution >= 0.6 is 0 Å². The number of amides is 1. The summed E-state index contributed by atoms with van der Waals surface area (Å²) in [5.41, 5.74) is 0.508. The molecule has 0 saturated heterocycles. The van der Waals surface area contributed by atoms with Crippen molar-refractivity contribution in [3.8, 4) is 5.75 Å². The van der Waals surface area contributed by atoms with Gasteiger partial charge in [-0.25, -0.2) is 0 Å². The number of rotatable bonds is 9. The Hall–Kier alpha value is -2.25. The molecule has 1 rings (SSSR count). The zero-order valence-electron chi connectivity index (χ0n) is 14.2. The number of alkyl halides is 3. The largest absolute Gasteiger partial charge is 0.484 e. The maximum absolute atomic E-state index is 12.4. The third kappa shape index (κ3) is 8.97. The molecule has 0 aliphatic carbocycles. The minimum Gasteiger partial charge on any atom is -0.484 e. The van der Waals surface area contributed by atoms with Crippen LogP contribution in [0.25, 0.3) is 0 Å². The maximum Gasteiger partial charge on any atom is 0.422 e. The summed E-state index contributed by atoms with van der Waals surface area (Å²) in [6.45, 7) is 2.93. The summed E-state index contributed by atoms with van der Waals surface area (Å²) in [7, 11) is 0. The van der Waals surface area contributed by atoms with Crippen LogP contribution in [-0.2, 0) is 16.0 Å². The van der Waals surface area contributed by atoms with E-state index >= 15 is 0 Å². The Morgan fingerprint density at radius 3 is 2.52 bits per heavy atom. The predicted octanol–water partition coefficient (Wildman–Crippen LogP) is 3.13. The molecular formula is C17H22F3NO4. The average molecular weight is 361 g/mol. The highest BCUT2D eigenvalue weighted by molar-refractivity contribution is 5.79. The summed E-state index contributed by atoms with van der Waals surface area (Å²) in [6.07, 6.45) is -4.63. The van der Waals surface area contributed by atoms with E-state index < -0.39 is 18.8 Å². The van der Waals surface area contributed by atoms with Crippen LogP contribution in [0.4, 0.5) is 13.2 Å². The standard InChI is InChI=1S/C17H22F3NO4/c1-12(2)10-21(7-6-16(23)24)15(22)9-13-4-3-5-14(8-13)25-11-17(18,19)20/h3-5,8,12H,6-7,9-11H2,1-2H3,(H,23,24). The summed E-state index contributed by atoms with van der Waals surface area (Å²) in [4.78, 5) is 24.6. The number of carboxylic acids is 1. The monoisotopic (exact) mass is 361 g/mol. The van der Waals surface area contributed by atoms with Gasteiger partial charge in [0.25, 0.3) is 0 Å². The maximum atomic E-state index is 12.4. The molecule has 0 fully saturated rings. The van der Waals surface area contributed by atoms with Gasteiger partial charge in [0.15, 0.2) is 6.61 Å². The second-order valence-electron chi connectivity index (χ2n) is 6.11. The molecule has 0 spiro atoms. The van der Waals surface area contributed by atoms with Gasteiger partial charge in [-0.05, 0) is 23.6 Å². The lowest BCUT2D eigenvalue weighted by Gasteiger charge is -2.24. The van der Waals surface area contributed by atoms with Crippen molar-refractivity contribution in [3.05, 3.63) is 29.8 Å². The minimum absolute atomic E-state index is 0.0311. The van der Waals surface area contributed by atoms with Gasteiger partial charge in [-0.3, -0.25) is 9.59 Å². The lowest BCUT2D eigenvalue weighted by molar-refractivity contribution is -0.153. The molecule has 1 aromatic carbocycles. The number of carbonyl (C=O) groups is 2. The van der Waals surface area contributed by atoms with Crippen LogP contribution in [0, 0.1) is 5.92 Å². The van der Waals surface area contributed by atoms with Gasteiger partial charge in [0.2, 0.25) is 5.91 Å². The molecule has 1 amide bonds. The van der Waals surface area contributed by atoms with Gasteiger partial charge >= 0.3 is 12.1 Å². The third-order valence-electron chi connectivity index (χ3n) is 3.19. The molecule has 0 saturated carbocycles. The Morgan fingerprint density at radius 1 is 1.28 bits per heavy atom. The molecule has 0 aliphatic rings. The van der Waals surface area contributed by atoms with Crippen molar-refractivity contribution in [3.63, 3.8) is 0 Å². The topological polar surface area (TPSA) is 66.8 Å². The summed E-state index contributed by atoms with van der Waals surface area (Å²) in [5.74, 6) is -1.07. The van der Waals surface area contributed by atoms with Crippen molar-refractivity contribution in [2.45, 2.75) is 32.9 Å². The van der Waals surface area contributed by atoms with Crippen molar-refractivity contribution in [1.29, 1.82) is 0 Å². The lowest BCUT2D eigenvalue weighted by atomic mass is 10.1. The van der Waals surface area contributed by atoms with Crippen molar-refractivity contribution in [1.82, 2.24) is 4.90 Å². The van der Waals surface area contributed by atoms with Crippen LogP contribution in [0.2, 0.25) is 0 Å². The van der Waals surface area contributed by atoms with E-state index in [1.54, 1.807) is 6.07 Å². The van der Waals surface area contributed by atoms with Crippen LogP contribution in [-0.4, -0.2) is 47.8 Å². The summed E-state index contributed by atoms with van der Waals surface area (Å²) in [5, 5.41) is 8.78. The van der Waals surface area contributed by atoms with Gasteiger partial charge in [-0.2, -0.15) is 13.2 Å². The van der Waals surface area contributed by atoms with Crippen molar-refractivity contribution in [2.75, 3.05) is 19.7 Å². The molecular weight excluding hydrogens is 339 g/mol. The number of ether oxygens (including phenoxy) is 1. The summed E-state index contributed by atoms with van der Waals surface area (Å²) in [6, 6.07) is 5.89. The van der Waals surface area contributed by atoms with Gasteiger partial charge in [0, 0.05) is 13.1 Å². The Balaban J connectivity index is 2.73. The smallest absolute Gasteiger partial charge is 0.422 e. The lowest BCUT2D eigenvalue weighted by Crippen LogP contribution is -2.37. The average Bonchev–Trinajstić information content (AvgIpc) is 2.48. The highest BCUT2D eigenvalue weighted by atomic mass is 19.4. The Kier molecular flexibility index (Phi) is 7.73. The van der Waals surface area contributed by atoms with E-state index in [2.05, 4.69) is 4.74 Å². The molecule has 0 heterocycles. The number of hydrogen-bond acceptors (Lipinski definition) is 3. The number of nitrogens with zero attached hydrogens (tertiary/aromatic N) is 1. The normalized spacial score (nSPS) is 11.4. The highest BCUT2D eigenvalue weighted by Gasteiger charge is 2.28. The molecule has 0 aromatic heterocycles. The van der Waals surface area contributed by atoms with Crippen molar-refractivity contribution in [2.24, 2.45) is 5.92 Å². The number of benzene rings is 1. The summed E-state index contributed by atoms with van der Waals surface area (Å²) < 4.78 is 41.3. The Labute approximate surface area is 144 Å². The first-order valence-electron chi connectivity index (χ1n) is 7.85. The van der Waals surface area contributed by atoms with Crippen molar-refractivity contribution < 1.29 is 32.6 Å². The molecule has 1 aromatic rings. The van der Waals surface area contributed by atoms with E-state index in [9.17, 15) is 22.8 Å². The van der Waals surface area contributed by atoms with E-state index in [4.69, 9.17) is 5.11 Å². The van der Waals surface area contributed by atoms with Gasteiger partial charge in [0.1, 0.15) is 5.75 Å². The molecule has 5 nitrogen and oxygen atoms in total. The quantitative estimate of drug-likeness (QED) is 0.734. The van der Waals surface area contributed by atoms with E-state index in [0.29, 0.717) is 12.1 Å². The van der Waals surface area contributed by atoms with Crippen LogP contribution < -0.4 is 4.74 Å². The molecule has 140 valence electrons. The molecule has 8 heteroatoms. The Bertz CT molecular complexity index is 588. The van der Waals surface area contributed by atoms with E-state index in [-0.39, 0.29) is 37.0 Å². The SMILES string of the molecule is CC(C)CN(CCC(=O)O)C(=O)Cc1cccc(OCC(F)(F)F)c1. The summed E-state index contributed by atoms with van der Waals surface area (Å²) >= 11 is 0. The fraction of sp³-hybridized carbons (Fsp3) is 0.529. The molecule has 0 unspecified atom stereocenters.